The number of carbonyl (C=O) groups is 1. The van der Waals surface area contributed by atoms with Crippen LogP contribution >= 0.6 is 0 Å². The second-order valence-electron chi connectivity index (χ2n) is 1.60. The van der Waals surface area contributed by atoms with Gasteiger partial charge in [-0.15, -0.1) is 0 Å². The average Bonchev–Trinajstić information content (AvgIpc) is 1.90. The van der Waals surface area contributed by atoms with E-state index in [1.54, 1.807) is 12.3 Å². The topological polar surface area (TPSA) is 51.4 Å². The van der Waals surface area contributed by atoms with Gasteiger partial charge < -0.3 is 5.11 Å². The van der Waals surface area contributed by atoms with Crippen LogP contribution in [0.3, 0.4) is 0 Å². The molecule has 1 aromatic heterocycles. The molecule has 0 amide bonds. The highest BCUT2D eigenvalue weighted by Crippen LogP contribution is 1.90. The van der Waals surface area contributed by atoms with Crippen molar-refractivity contribution in [2.24, 2.45) is 0 Å². The van der Waals surface area contributed by atoms with Crippen LogP contribution in [0.5, 0.6) is 0 Å². The smallest absolute Gasteiger partial charge is 0.341 e. The van der Waals surface area contributed by atoms with Crippen molar-refractivity contribution in [1.29, 1.82) is 0 Å². The molecule has 3 heteroatoms. The number of pyridine rings is 1. The third-order valence-corrected chi connectivity index (χ3v) is 0.954. The maximum absolute atomic E-state index is 10.2. The van der Waals surface area contributed by atoms with Crippen LogP contribution in [0.15, 0.2) is 24.5 Å². The van der Waals surface area contributed by atoms with Crippen molar-refractivity contribution in [3.05, 3.63) is 30.1 Å². The van der Waals surface area contributed by atoms with Gasteiger partial charge in [0, 0.05) is 6.07 Å². The highest BCUT2D eigenvalue weighted by molar-refractivity contribution is 5.86. The summed E-state index contributed by atoms with van der Waals surface area (Å²) in [6, 6.07) is 3.17. The third-order valence-electron chi connectivity index (χ3n) is 0.954. The van der Waals surface area contributed by atoms with Crippen LogP contribution in [0.4, 0.5) is 0 Å². The van der Waals surface area contributed by atoms with Crippen molar-refractivity contribution in [2.45, 2.75) is 0 Å². The van der Waals surface area contributed by atoms with E-state index in [0.29, 0.717) is 0 Å². The summed E-state index contributed by atoms with van der Waals surface area (Å²) in [5.74, 6) is -0.910. The molecular formula is C6H6NO2+. The zero-order valence-corrected chi connectivity index (χ0v) is 4.66. The van der Waals surface area contributed by atoms with Gasteiger partial charge in [-0.05, 0) is 6.07 Å². The minimum absolute atomic E-state index is 0.275. The number of H-pyrrole nitrogens is 1. The maximum Gasteiger partial charge on any atom is 0.341 e. The number of hydrogen-bond acceptors (Lipinski definition) is 1. The molecule has 0 aliphatic heterocycles. The summed E-state index contributed by atoms with van der Waals surface area (Å²) >= 11 is 0. The van der Waals surface area contributed by atoms with Crippen molar-refractivity contribution >= 4 is 5.97 Å². The Hall–Kier alpha value is -1.38. The minimum atomic E-state index is -0.910. The van der Waals surface area contributed by atoms with Gasteiger partial charge in [0.1, 0.15) is 5.56 Å². The lowest BCUT2D eigenvalue weighted by Crippen LogP contribution is -2.05. The Labute approximate surface area is 52.0 Å². The highest BCUT2D eigenvalue weighted by Gasteiger charge is 2.01. The molecule has 0 saturated carbocycles. The van der Waals surface area contributed by atoms with Gasteiger partial charge in [0.25, 0.3) is 0 Å². The van der Waals surface area contributed by atoms with Crippen LogP contribution in [-0.4, -0.2) is 11.1 Å². The Morgan fingerprint density at radius 2 is 2.44 bits per heavy atom. The van der Waals surface area contributed by atoms with Crippen molar-refractivity contribution < 1.29 is 14.9 Å². The van der Waals surface area contributed by atoms with E-state index in [1.807, 2.05) is 0 Å². The molecule has 1 aromatic rings. The number of hydrogen-bond donors (Lipinski definition) is 1. The zero-order valence-electron chi connectivity index (χ0n) is 4.66. The molecule has 0 saturated heterocycles. The normalized spacial score (nSPS) is 8.89. The molecule has 9 heavy (non-hydrogen) atoms. The minimum Gasteiger partial charge on any atom is -0.477 e. The van der Waals surface area contributed by atoms with E-state index in [9.17, 15) is 4.79 Å². The molecule has 0 aliphatic carbocycles. The maximum atomic E-state index is 10.2. The summed E-state index contributed by atoms with van der Waals surface area (Å²) < 4.78 is 0. The van der Waals surface area contributed by atoms with E-state index >= 15 is 0 Å². The molecule has 0 aromatic carbocycles. The summed E-state index contributed by atoms with van der Waals surface area (Å²) in [5.41, 5.74) is 0.275. The number of aromatic amines is 1. The molecule has 1 rings (SSSR count). The molecule has 0 fully saturated rings. The Kier molecular flexibility index (Phi) is 1.44. The summed E-state index contributed by atoms with van der Waals surface area (Å²) in [6.45, 7) is 0. The first-order valence-corrected chi connectivity index (χ1v) is 2.50. The molecule has 0 unspecified atom stereocenters. The van der Waals surface area contributed by atoms with Gasteiger partial charge in [-0.3, -0.25) is 0 Å². The SMILES string of the molecule is O=C(O)c1ccc[nH+]c1. The van der Waals surface area contributed by atoms with Gasteiger partial charge in [0.15, 0.2) is 12.4 Å². The molecule has 0 spiro atoms. The Balaban J connectivity index is 2.98. The van der Waals surface area contributed by atoms with Gasteiger partial charge in [0.05, 0.1) is 0 Å². The fraction of sp³-hybridized carbons (Fsp3) is 0. The van der Waals surface area contributed by atoms with E-state index in [1.165, 1.54) is 12.3 Å². The van der Waals surface area contributed by atoms with Crippen molar-refractivity contribution in [3.8, 4) is 0 Å². The lowest BCUT2D eigenvalue weighted by atomic mass is 10.3. The van der Waals surface area contributed by atoms with Gasteiger partial charge in [0.2, 0.25) is 0 Å². The average molecular weight is 124 g/mol. The Morgan fingerprint density at radius 3 is 2.78 bits per heavy atom. The molecule has 2 N–H and O–H groups in total. The standard InChI is InChI=1S/C6H5NO2/c8-6(9)5-2-1-3-7-4-5/h1-4H,(H,8,9)/p+1. The Bertz CT molecular complexity index is 208. The molecule has 46 valence electrons. The molecule has 1 heterocycles. The summed E-state index contributed by atoms with van der Waals surface area (Å²) in [6.07, 6.45) is 3.09. The number of aromatic carboxylic acids is 1. The van der Waals surface area contributed by atoms with E-state index in [-0.39, 0.29) is 5.56 Å². The van der Waals surface area contributed by atoms with Crippen LogP contribution in [-0.2, 0) is 0 Å². The number of carboxylic acids is 1. The zero-order chi connectivity index (χ0) is 6.69. The Morgan fingerprint density at radius 1 is 1.67 bits per heavy atom. The van der Waals surface area contributed by atoms with Gasteiger partial charge >= 0.3 is 5.97 Å². The van der Waals surface area contributed by atoms with Crippen LogP contribution in [0.2, 0.25) is 0 Å². The predicted molar refractivity (Wildman–Crippen MR) is 30.0 cm³/mol. The van der Waals surface area contributed by atoms with Crippen LogP contribution in [0.25, 0.3) is 0 Å². The van der Waals surface area contributed by atoms with Crippen molar-refractivity contribution in [1.82, 2.24) is 0 Å². The van der Waals surface area contributed by atoms with Crippen LogP contribution in [0, 0.1) is 0 Å². The fourth-order valence-corrected chi connectivity index (χ4v) is 0.526. The largest absolute Gasteiger partial charge is 0.477 e. The first kappa shape index (κ1) is 5.75. The van der Waals surface area contributed by atoms with Gasteiger partial charge in [-0.1, -0.05) is 0 Å². The second-order valence-corrected chi connectivity index (χ2v) is 1.60. The lowest BCUT2D eigenvalue weighted by molar-refractivity contribution is -0.378. The molecule has 0 aliphatic rings. The number of aromatic nitrogens is 1. The number of nitrogens with one attached hydrogen (secondary N) is 1. The molecular weight excluding hydrogens is 118 g/mol. The van der Waals surface area contributed by atoms with E-state index < -0.39 is 5.97 Å². The number of carboxylic acid groups (broad SMARTS) is 1. The molecule has 0 bridgehead atoms. The molecule has 0 radical (unpaired) electrons. The van der Waals surface area contributed by atoms with E-state index in [2.05, 4.69) is 4.98 Å². The predicted octanol–water partition coefficient (Wildman–Crippen LogP) is 0.199. The van der Waals surface area contributed by atoms with Gasteiger partial charge in [-0.2, -0.15) is 0 Å². The monoisotopic (exact) mass is 124 g/mol. The molecule has 0 atom stereocenters. The highest BCUT2D eigenvalue weighted by atomic mass is 16.4. The molecule has 3 nitrogen and oxygen atoms in total. The number of rotatable bonds is 1. The first-order chi connectivity index (χ1) is 4.30. The quantitative estimate of drug-likeness (QED) is 0.581. The van der Waals surface area contributed by atoms with Gasteiger partial charge in [-0.25, -0.2) is 9.78 Å². The summed E-state index contributed by atoms with van der Waals surface area (Å²) in [4.78, 5) is 12.8. The van der Waals surface area contributed by atoms with Crippen LogP contribution < -0.4 is 4.98 Å². The third kappa shape index (κ3) is 1.25. The first-order valence-electron chi connectivity index (χ1n) is 2.50. The second kappa shape index (κ2) is 2.26. The van der Waals surface area contributed by atoms with E-state index in [0.717, 1.165) is 0 Å². The fourth-order valence-electron chi connectivity index (χ4n) is 0.526. The van der Waals surface area contributed by atoms with Crippen LogP contribution in [0.1, 0.15) is 10.4 Å². The summed E-state index contributed by atoms with van der Waals surface area (Å²) in [5, 5.41) is 8.36. The van der Waals surface area contributed by atoms with Crippen molar-refractivity contribution in [2.75, 3.05) is 0 Å². The summed E-state index contributed by atoms with van der Waals surface area (Å²) in [7, 11) is 0. The lowest BCUT2D eigenvalue weighted by Gasteiger charge is -1.83. The van der Waals surface area contributed by atoms with E-state index in [4.69, 9.17) is 5.11 Å². The van der Waals surface area contributed by atoms with Crippen molar-refractivity contribution in [3.63, 3.8) is 0 Å².